The predicted octanol–water partition coefficient (Wildman–Crippen LogP) is 2.72. The summed E-state index contributed by atoms with van der Waals surface area (Å²) in [5, 5.41) is 3.25. The number of nitrogens with zero attached hydrogens (tertiary/aromatic N) is 2. The van der Waals surface area contributed by atoms with Crippen molar-refractivity contribution in [2.75, 3.05) is 24.5 Å². The van der Waals surface area contributed by atoms with Crippen LogP contribution in [0, 0.1) is 5.82 Å². The average molecular weight is 295 g/mol. The molecule has 21 heavy (non-hydrogen) atoms. The number of anilines is 1. The smallest absolute Gasteiger partial charge is 0.141 e. The SMILES string of the molecule is CCNCc1cc(F)cnc1N1CC(C)(C)OC(C)(C)C1. The summed E-state index contributed by atoms with van der Waals surface area (Å²) in [6, 6.07) is 1.57. The number of halogens is 1. The summed E-state index contributed by atoms with van der Waals surface area (Å²) in [6.07, 6.45) is 1.29. The largest absolute Gasteiger partial charge is 0.366 e. The molecule has 0 bridgehead atoms. The molecule has 0 unspecified atom stereocenters. The number of pyridine rings is 1. The molecule has 118 valence electrons. The van der Waals surface area contributed by atoms with Crippen LogP contribution in [-0.4, -0.2) is 35.8 Å². The highest BCUT2D eigenvalue weighted by Crippen LogP contribution is 2.32. The van der Waals surface area contributed by atoms with Crippen LogP contribution in [0.5, 0.6) is 0 Å². The van der Waals surface area contributed by atoms with E-state index in [0.717, 1.165) is 31.0 Å². The minimum Gasteiger partial charge on any atom is -0.366 e. The normalized spacial score (nSPS) is 20.6. The molecule has 1 N–H and O–H groups in total. The van der Waals surface area contributed by atoms with Gasteiger partial charge in [0.15, 0.2) is 0 Å². The van der Waals surface area contributed by atoms with Gasteiger partial charge in [-0.25, -0.2) is 9.37 Å². The van der Waals surface area contributed by atoms with Crippen LogP contribution in [0.3, 0.4) is 0 Å². The van der Waals surface area contributed by atoms with Gasteiger partial charge in [-0.2, -0.15) is 0 Å². The third kappa shape index (κ3) is 4.14. The van der Waals surface area contributed by atoms with E-state index in [9.17, 15) is 4.39 Å². The lowest BCUT2D eigenvalue weighted by molar-refractivity contribution is -0.133. The van der Waals surface area contributed by atoms with Crippen molar-refractivity contribution in [2.45, 2.75) is 52.4 Å². The van der Waals surface area contributed by atoms with Crippen molar-refractivity contribution >= 4 is 5.82 Å². The zero-order valence-electron chi connectivity index (χ0n) is 13.7. The molecular weight excluding hydrogens is 269 g/mol. The molecule has 1 aromatic rings. The molecule has 0 spiro atoms. The minimum absolute atomic E-state index is 0.257. The van der Waals surface area contributed by atoms with Crippen LogP contribution in [0.15, 0.2) is 12.3 Å². The fourth-order valence-electron chi connectivity index (χ4n) is 3.09. The molecule has 4 nitrogen and oxygen atoms in total. The number of morpholine rings is 1. The maximum atomic E-state index is 13.5. The molecule has 0 amide bonds. The molecule has 1 fully saturated rings. The average Bonchev–Trinajstić information content (AvgIpc) is 2.32. The van der Waals surface area contributed by atoms with Crippen molar-refractivity contribution in [3.05, 3.63) is 23.6 Å². The van der Waals surface area contributed by atoms with Gasteiger partial charge in [0.25, 0.3) is 0 Å². The van der Waals surface area contributed by atoms with E-state index in [-0.39, 0.29) is 17.0 Å². The molecule has 2 rings (SSSR count). The minimum atomic E-state index is -0.293. The van der Waals surface area contributed by atoms with E-state index in [0.29, 0.717) is 6.54 Å². The lowest BCUT2D eigenvalue weighted by Gasteiger charge is -2.48. The first kappa shape index (κ1) is 16.2. The Labute approximate surface area is 126 Å². The van der Waals surface area contributed by atoms with E-state index in [1.165, 1.54) is 6.20 Å². The molecule has 1 aliphatic rings. The van der Waals surface area contributed by atoms with Gasteiger partial charge < -0.3 is 15.0 Å². The zero-order valence-corrected chi connectivity index (χ0v) is 13.7. The van der Waals surface area contributed by atoms with Crippen molar-refractivity contribution < 1.29 is 9.13 Å². The zero-order chi connectivity index (χ0) is 15.7. The first-order valence-corrected chi connectivity index (χ1v) is 7.53. The second-order valence-electron chi connectivity index (χ2n) is 6.89. The summed E-state index contributed by atoms with van der Waals surface area (Å²) < 4.78 is 19.6. The first-order chi connectivity index (χ1) is 9.72. The van der Waals surface area contributed by atoms with E-state index >= 15 is 0 Å². The lowest BCUT2D eigenvalue weighted by Crippen LogP contribution is -2.57. The van der Waals surface area contributed by atoms with E-state index < -0.39 is 0 Å². The lowest BCUT2D eigenvalue weighted by atomic mass is 9.98. The summed E-state index contributed by atoms with van der Waals surface area (Å²) in [4.78, 5) is 6.55. The Hall–Kier alpha value is -1.20. The van der Waals surface area contributed by atoms with E-state index in [1.54, 1.807) is 6.07 Å². The number of rotatable bonds is 4. The summed E-state index contributed by atoms with van der Waals surface area (Å²) >= 11 is 0. The molecule has 1 aromatic heterocycles. The number of ether oxygens (including phenoxy) is 1. The van der Waals surface area contributed by atoms with Crippen molar-refractivity contribution in [2.24, 2.45) is 0 Å². The third-order valence-corrected chi connectivity index (χ3v) is 3.47. The molecular formula is C16H26FN3O. The van der Waals surface area contributed by atoms with Crippen molar-refractivity contribution in [3.8, 4) is 0 Å². The topological polar surface area (TPSA) is 37.4 Å². The molecule has 0 atom stereocenters. The molecule has 5 heteroatoms. The highest BCUT2D eigenvalue weighted by Gasteiger charge is 2.39. The Bertz CT molecular complexity index is 486. The van der Waals surface area contributed by atoms with Gasteiger partial charge in [0.05, 0.1) is 17.4 Å². The molecule has 1 aliphatic heterocycles. The Morgan fingerprint density at radius 1 is 1.29 bits per heavy atom. The molecule has 0 aromatic carbocycles. The number of nitrogens with one attached hydrogen (secondary N) is 1. The summed E-state index contributed by atoms with van der Waals surface area (Å²) in [5.74, 6) is 0.556. The highest BCUT2D eigenvalue weighted by atomic mass is 19.1. The summed E-state index contributed by atoms with van der Waals surface area (Å²) in [7, 11) is 0. The van der Waals surface area contributed by atoms with Gasteiger partial charge in [0, 0.05) is 25.2 Å². The predicted molar refractivity (Wildman–Crippen MR) is 83.0 cm³/mol. The molecule has 0 aliphatic carbocycles. The van der Waals surface area contributed by atoms with E-state index in [4.69, 9.17) is 4.74 Å². The van der Waals surface area contributed by atoms with Crippen LogP contribution in [0.4, 0.5) is 10.2 Å². The van der Waals surface area contributed by atoms with Crippen LogP contribution < -0.4 is 10.2 Å². The maximum absolute atomic E-state index is 13.5. The standard InChI is InChI=1S/C16H26FN3O/c1-6-18-8-12-7-13(17)9-19-14(12)20-10-15(2,3)21-16(4,5)11-20/h7,9,18H,6,8,10-11H2,1-5H3. The van der Waals surface area contributed by atoms with Gasteiger partial charge >= 0.3 is 0 Å². The van der Waals surface area contributed by atoms with Gasteiger partial charge in [-0.15, -0.1) is 0 Å². The Kier molecular flexibility index (Phi) is 4.54. The van der Waals surface area contributed by atoms with Crippen LogP contribution >= 0.6 is 0 Å². The van der Waals surface area contributed by atoms with Gasteiger partial charge in [-0.3, -0.25) is 0 Å². The third-order valence-electron chi connectivity index (χ3n) is 3.47. The quantitative estimate of drug-likeness (QED) is 0.927. The van der Waals surface area contributed by atoms with Crippen LogP contribution in [0.1, 0.15) is 40.2 Å². The molecule has 0 saturated carbocycles. The van der Waals surface area contributed by atoms with Gasteiger partial charge in [-0.1, -0.05) is 6.92 Å². The van der Waals surface area contributed by atoms with Crippen LogP contribution in [-0.2, 0) is 11.3 Å². The van der Waals surface area contributed by atoms with Crippen molar-refractivity contribution in [3.63, 3.8) is 0 Å². The monoisotopic (exact) mass is 295 g/mol. The second kappa shape index (κ2) is 5.89. The maximum Gasteiger partial charge on any atom is 0.141 e. The Morgan fingerprint density at radius 3 is 2.48 bits per heavy atom. The first-order valence-electron chi connectivity index (χ1n) is 7.53. The summed E-state index contributed by atoms with van der Waals surface area (Å²) in [6.45, 7) is 13.3. The second-order valence-corrected chi connectivity index (χ2v) is 6.89. The van der Waals surface area contributed by atoms with Gasteiger partial charge in [0.2, 0.25) is 0 Å². The van der Waals surface area contributed by atoms with Crippen LogP contribution in [0.2, 0.25) is 0 Å². The number of hydrogen-bond donors (Lipinski definition) is 1. The summed E-state index contributed by atoms with van der Waals surface area (Å²) in [5.41, 5.74) is 0.380. The van der Waals surface area contributed by atoms with Crippen molar-refractivity contribution in [1.82, 2.24) is 10.3 Å². The highest BCUT2D eigenvalue weighted by molar-refractivity contribution is 5.48. The Balaban J connectivity index is 2.31. The molecule has 2 heterocycles. The molecule has 1 saturated heterocycles. The fraction of sp³-hybridized carbons (Fsp3) is 0.688. The number of hydrogen-bond acceptors (Lipinski definition) is 4. The van der Waals surface area contributed by atoms with Crippen molar-refractivity contribution in [1.29, 1.82) is 0 Å². The molecule has 0 radical (unpaired) electrons. The van der Waals surface area contributed by atoms with Gasteiger partial charge in [0.1, 0.15) is 11.6 Å². The van der Waals surface area contributed by atoms with E-state index in [1.807, 2.05) is 6.92 Å². The fourth-order valence-corrected chi connectivity index (χ4v) is 3.09. The Morgan fingerprint density at radius 2 is 1.90 bits per heavy atom. The van der Waals surface area contributed by atoms with Gasteiger partial charge in [-0.05, 0) is 40.3 Å². The van der Waals surface area contributed by atoms with E-state index in [2.05, 4.69) is 42.9 Å². The number of aromatic nitrogens is 1. The van der Waals surface area contributed by atoms with Crippen LogP contribution in [0.25, 0.3) is 0 Å².